The summed E-state index contributed by atoms with van der Waals surface area (Å²) in [4.78, 5) is 132. The zero-order valence-corrected chi connectivity index (χ0v) is 41.3. The number of phenols is 1. The van der Waals surface area contributed by atoms with Crippen molar-refractivity contribution in [2.75, 3.05) is 32.7 Å². The molecule has 0 aromatic heterocycles. The molecule has 5 rings (SSSR count). The van der Waals surface area contributed by atoms with Crippen molar-refractivity contribution in [2.45, 2.75) is 140 Å². The van der Waals surface area contributed by atoms with E-state index in [4.69, 9.17) is 5.73 Å². The first kappa shape index (κ1) is 56.1. The molecule has 0 bridgehead atoms. The predicted molar refractivity (Wildman–Crippen MR) is 252 cm³/mol. The second-order valence-electron chi connectivity index (χ2n) is 20.4. The van der Waals surface area contributed by atoms with Gasteiger partial charge >= 0.3 is 0 Å². The number of nitrogens with one attached hydrogen (secondary N) is 5. The van der Waals surface area contributed by atoms with Gasteiger partial charge in [-0.3, -0.25) is 43.2 Å². The molecule has 1 aromatic rings. The fourth-order valence-electron chi connectivity index (χ4n) is 11.1. The van der Waals surface area contributed by atoms with Crippen LogP contribution in [0, 0.1) is 41.4 Å². The number of hydrogen-bond acceptors (Lipinski definition) is 12. The van der Waals surface area contributed by atoms with E-state index in [0.29, 0.717) is 83.2 Å². The largest absolute Gasteiger partial charge is 0.550 e. The smallest absolute Gasteiger partial charge is 0.239 e. The number of unbranched alkanes of at least 4 members (excludes halogenated alkanes) is 1. The number of phenolic OH excluding ortho intramolecular Hbond substituents is 1. The molecule has 392 valence electrons. The molecule has 2 saturated heterocycles. The lowest BCUT2D eigenvalue weighted by molar-refractivity contribution is -0.639. The Morgan fingerprint density at radius 2 is 1.17 bits per heavy atom. The minimum atomic E-state index is -1.41. The van der Waals surface area contributed by atoms with Gasteiger partial charge in [-0.25, -0.2) is 0 Å². The average molecular weight is 996 g/mol. The maximum atomic E-state index is 14.4. The Kier molecular flexibility index (Phi) is 21.5. The summed E-state index contributed by atoms with van der Waals surface area (Å²) in [5.41, 5.74) is 9.88. The number of carbonyl (C=O) groups excluding carboxylic acids is 10. The molecule has 0 spiro atoms. The average Bonchev–Trinajstić information content (AvgIpc) is 4.16. The minimum absolute atomic E-state index is 0.0178. The maximum absolute atomic E-state index is 14.4. The Labute approximate surface area is 414 Å². The number of aliphatic carboxylic acids is 1. The van der Waals surface area contributed by atoms with Crippen molar-refractivity contribution in [2.24, 2.45) is 47.2 Å². The molecule has 0 radical (unpaired) electrons. The van der Waals surface area contributed by atoms with Crippen molar-refractivity contribution in [1.82, 2.24) is 26.6 Å². The molecule has 71 heavy (non-hydrogen) atoms. The summed E-state index contributed by atoms with van der Waals surface area (Å²) in [5.74, 6) is -8.70. The van der Waals surface area contributed by atoms with Gasteiger partial charge in [-0.1, -0.05) is 25.0 Å². The summed E-state index contributed by atoms with van der Waals surface area (Å²) in [5, 5.41) is 39.5. The number of nitrogens with two attached hydrogens (primary N) is 3. The lowest BCUT2D eigenvalue weighted by atomic mass is 9.85. The molecule has 15 N–H and O–H groups in total. The molecule has 2 aliphatic heterocycles. The number of carbonyl (C=O) groups is 10. The van der Waals surface area contributed by atoms with E-state index in [9.17, 15) is 58.2 Å². The maximum Gasteiger partial charge on any atom is 0.239 e. The van der Waals surface area contributed by atoms with Gasteiger partial charge in [0.25, 0.3) is 0 Å². The number of rotatable bonds is 28. The van der Waals surface area contributed by atoms with Crippen LogP contribution in [-0.2, 0) is 54.4 Å². The highest BCUT2D eigenvalue weighted by molar-refractivity contribution is 5.94. The van der Waals surface area contributed by atoms with Crippen molar-refractivity contribution in [3.8, 4) is 5.75 Å². The summed E-state index contributed by atoms with van der Waals surface area (Å²) in [6, 6.07) is 2.00. The van der Waals surface area contributed by atoms with E-state index in [1.165, 1.54) is 26.0 Å². The lowest BCUT2D eigenvalue weighted by Crippen LogP contribution is -2.82. The van der Waals surface area contributed by atoms with Crippen LogP contribution in [0.4, 0.5) is 0 Å². The van der Waals surface area contributed by atoms with Crippen LogP contribution in [0.15, 0.2) is 24.3 Å². The highest BCUT2D eigenvalue weighted by atomic mass is 16.4. The van der Waals surface area contributed by atoms with Crippen LogP contribution in [0.5, 0.6) is 5.75 Å². The topological polar surface area (TPSA) is 361 Å². The number of ketones is 3. The monoisotopic (exact) mass is 996 g/mol. The number of hydrogen-bond donors (Lipinski definition) is 10. The zero-order chi connectivity index (χ0) is 51.8. The number of carboxylic acid groups (broad SMARTS) is 1. The Balaban J connectivity index is 1.25. The minimum Gasteiger partial charge on any atom is -0.550 e. The third-order valence-corrected chi connectivity index (χ3v) is 15.1. The van der Waals surface area contributed by atoms with Crippen LogP contribution < -0.4 is 53.8 Å². The van der Waals surface area contributed by atoms with Gasteiger partial charge < -0.3 is 63.7 Å². The molecule has 1 aromatic carbocycles. The van der Waals surface area contributed by atoms with Crippen molar-refractivity contribution in [3.63, 3.8) is 0 Å². The summed E-state index contributed by atoms with van der Waals surface area (Å²) in [7, 11) is 0. The zero-order valence-electron chi connectivity index (χ0n) is 41.3. The molecule has 8 unspecified atom stereocenters. The molecule has 4 fully saturated rings. The van der Waals surface area contributed by atoms with Gasteiger partial charge in [0, 0.05) is 56.0 Å². The molecule has 6 amide bonds. The normalized spacial score (nSPS) is 25.5. The van der Waals surface area contributed by atoms with Gasteiger partial charge in [-0.2, -0.15) is 0 Å². The Bertz CT molecular complexity index is 2090. The Morgan fingerprint density at radius 3 is 1.75 bits per heavy atom. The number of Topliss-reactive ketones (excluding diaryl/α,β-unsaturated/α-hetero) is 3. The van der Waals surface area contributed by atoms with Gasteiger partial charge in [0.15, 0.2) is 17.3 Å². The molecule has 21 heteroatoms. The first-order chi connectivity index (χ1) is 33.8. The lowest BCUT2D eigenvalue weighted by Gasteiger charge is -2.27. The summed E-state index contributed by atoms with van der Waals surface area (Å²) < 4.78 is 0. The number of benzene rings is 1. The van der Waals surface area contributed by atoms with Crippen molar-refractivity contribution >= 4 is 58.8 Å². The van der Waals surface area contributed by atoms with Gasteiger partial charge in [-0.05, 0) is 94.7 Å². The van der Waals surface area contributed by atoms with E-state index in [2.05, 4.69) is 32.3 Å². The third-order valence-electron chi connectivity index (χ3n) is 15.1. The Morgan fingerprint density at radius 1 is 0.662 bits per heavy atom. The number of amides is 6. The molecule has 2 aliphatic carbocycles. The van der Waals surface area contributed by atoms with E-state index in [1.807, 2.05) is 10.6 Å². The number of primary amides is 1. The Hall–Kier alpha value is -5.80. The van der Waals surface area contributed by atoms with Gasteiger partial charge in [-0.15, -0.1) is 0 Å². The van der Waals surface area contributed by atoms with Gasteiger partial charge in [0.1, 0.15) is 11.8 Å². The van der Waals surface area contributed by atoms with Crippen molar-refractivity contribution in [3.05, 3.63) is 29.8 Å². The second kappa shape index (κ2) is 27.1. The van der Waals surface area contributed by atoms with Crippen LogP contribution in [0.1, 0.15) is 109 Å². The van der Waals surface area contributed by atoms with Crippen LogP contribution in [0.2, 0.25) is 0 Å². The van der Waals surface area contributed by atoms with E-state index >= 15 is 0 Å². The molecular weight excluding hydrogens is 919 g/mol. The highest BCUT2D eigenvalue weighted by Gasteiger charge is 2.44. The van der Waals surface area contributed by atoms with Crippen LogP contribution in [-0.4, -0.2) is 127 Å². The molecule has 2 saturated carbocycles. The third kappa shape index (κ3) is 16.6. The predicted octanol–water partition coefficient (Wildman–Crippen LogP) is -4.46. The molecule has 2 heterocycles. The SMILES string of the molecule is CC(=O)NC1CCCC1C(=O)N[C@@H](CCCC[NH3+])C(=O)CC1C[NH2+]CC1C(=O)N[C@@H](Cc1ccc(O)cc1)C(=O)CC1CCCC1C(=O)N[C@@H](CCC(=O)[O-])C(=O)CC1C[NH2+]CC1C(=O)N[C@@H](C)C(N)=O. The number of quaternary nitrogens is 3. The van der Waals surface area contributed by atoms with Crippen LogP contribution in [0.3, 0.4) is 0 Å². The number of aromatic hydroxyl groups is 1. The van der Waals surface area contributed by atoms with Gasteiger partial charge in [0.05, 0.1) is 68.6 Å². The summed E-state index contributed by atoms with van der Waals surface area (Å²) >= 11 is 0. The fraction of sp³-hybridized carbons (Fsp3) is 0.680. The fourth-order valence-corrected chi connectivity index (χ4v) is 11.1. The summed E-state index contributed by atoms with van der Waals surface area (Å²) in [6.45, 7) is 5.16. The van der Waals surface area contributed by atoms with Crippen LogP contribution >= 0.6 is 0 Å². The highest BCUT2D eigenvalue weighted by Crippen LogP contribution is 2.36. The standard InChI is InChI=1S/C50H75N9O12/c1-27(46(52)67)55-49(70)36-25-53-23-31(36)22-43(63)40(16-17-45(65)66)58-47(68)34-8-5-7-30(34)20-44(64)41(19-29-12-14-33(61)15-13-29)59-50(71)37-26-54-24-32(37)21-42(62)39(10-3-4-18-51)57-48(69)35-9-6-11-38(35)56-28(2)60/h12-15,27,30-32,34-41,53-54,61H,3-11,16-26,51H2,1-2H3,(H2,52,67)(H,55,70)(H,56,60)(H,57,69)(H,58,68)(H,59,71)(H,65,66)/p+2/t27-,30?,31?,32?,34?,35?,36?,37?,38?,39-,40-,41-/m0/s1. The molecular formula is C50H77N9O12+2. The molecule has 12 atom stereocenters. The first-order valence-corrected chi connectivity index (χ1v) is 25.6. The quantitative estimate of drug-likeness (QED) is 0.0356. The van der Waals surface area contributed by atoms with E-state index < -0.39 is 107 Å². The number of carboxylic acids is 1. The van der Waals surface area contributed by atoms with Crippen molar-refractivity contribution < 1.29 is 74.5 Å². The van der Waals surface area contributed by atoms with E-state index in [-0.39, 0.29) is 67.3 Å². The first-order valence-electron chi connectivity index (χ1n) is 25.6. The molecule has 21 nitrogen and oxygen atoms in total. The van der Waals surface area contributed by atoms with Crippen molar-refractivity contribution in [1.29, 1.82) is 0 Å². The van der Waals surface area contributed by atoms with E-state index in [0.717, 1.165) is 12.8 Å². The molecule has 4 aliphatic rings. The van der Waals surface area contributed by atoms with Crippen LogP contribution in [0.25, 0.3) is 0 Å². The van der Waals surface area contributed by atoms with Gasteiger partial charge in [0.2, 0.25) is 35.4 Å². The second-order valence-corrected chi connectivity index (χ2v) is 20.4. The summed E-state index contributed by atoms with van der Waals surface area (Å²) in [6.07, 6.45) is 4.50. The van der Waals surface area contributed by atoms with E-state index in [1.54, 1.807) is 12.1 Å².